The molecule has 0 aliphatic rings. The van der Waals surface area contributed by atoms with Crippen molar-refractivity contribution in [2.75, 3.05) is 0 Å². The molecule has 0 bridgehead atoms. The van der Waals surface area contributed by atoms with E-state index < -0.39 is 46.5 Å². The highest BCUT2D eigenvalue weighted by molar-refractivity contribution is 5.71. The van der Waals surface area contributed by atoms with Crippen molar-refractivity contribution in [1.29, 1.82) is 0 Å². The molecule has 9 heteroatoms. The van der Waals surface area contributed by atoms with Gasteiger partial charge in [0.1, 0.15) is 11.8 Å². The second kappa shape index (κ2) is 4.76. The van der Waals surface area contributed by atoms with E-state index in [9.17, 15) is 28.1 Å². The molecular formula is C8H5F3N2O4. The molecule has 0 saturated carbocycles. The van der Waals surface area contributed by atoms with Gasteiger partial charge in [-0.3, -0.25) is 14.9 Å². The number of carbonyl (C=O) groups is 1. The summed E-state index contributed by atoms with van der Waals surface area (Å²) in [5, 5.41) is 18.9. The standard InChI is InChI=1S/C8H5F3N2O4/c9-7(10)6-3(1-5(14)15)8(11)12-2-4(6)13(16)17/h2,7H,1H2,(H,14,15). The molecule has 0 amide bonds. The highest BCUT2D eigenvalue weighted by Crippen LogP contribution is 2.32. The largest absolute Gasteiger partial charge is 0.481 e. The van der Waals surface area contributed by atoms with Crippen LogP contribution in [0, 0.1) is 16.1 Å². The lowest BCUT2D eigenvalue weighted by molar-refractivity contribution is -0.386. The molecule has 0 spiro atoms. The van der Waals surface area contributed by atoms with Crippen LogP contribution < -0.4 is 0 Å². The van der Waals surface area contributed by atoms with Gasteiger partial charge in [-0.15, -0.1) is 0 Å². The average Bonchev–Trinajstić information content (AvgIpc) is 2.19. The molecule has 1 aromatic rings. The van der Waals surface area contributed by atoms with E-state index in [1.54, 1.807) is 0 Å². The molecule has 92 valence electrons. The minimum Gasteiger partial charge on any atom is -0.481 e. The number of pyridine rings is 1. The number of carboxylic acid groups (broad SMARTS) is 1. The van der Waals surface area contributed by atoms with E-state index >= 15 is 0 Å². The Kier molecular flexibility index (Phi) is 3.61. The molecule has 1 heterocycles. The van der Waals surface area contributed by atoms with Gasteiger partial charge in [0.2, 0.25) is 5.95 Å². The van der Waals surface area contributed by atoms with Gasteiger partial charge in [-0.1, -0.05) is 0 Å². The molecule has 0 radical (unpaired) electrons. The van der Waals surface area contributed by atoms with E-state index in [4.69, 9.17) is 5.11 Å². The quantitative estimate of drug-likeness (QED) is 0.498. The smallest absolute Gasteiger partial charge is 0.308 e. The highest BCUT2D eigenvalue weighted by atomic mass is 19.3. The van der Waals surface area contributed by atoms with Crippen molar-refractivity contribution in [3.63, 3.8) is 0 Å². The Morgan fingerprint density at radius 1 is 1.59 bits per heavy atom. The second-order valence-corrected chi connectivity index (χ2v) is 2.95. The van der Waals surface area contributed by atoms with Crippen LogP contribution in [0.5, 0.6) is 0 Å². The molecule has 0 aromatic carbocycles. The minimum atomic E-state index is -3.36. The van der Waals surface area contributed by atoms with Crippen LogP contribution in [0.25, 0.3) is 0 Å². The van der Waals surface area contributed by atoms with Gasteiger partial charge in [-0.25, -0.2) is 13.8 Å². The first kappa shape index (κ1) is 12.9. The number of alkyl halides is 2. The lowest BCUT2D eigenvalue weighted by Gasteiger charge is -2.07. The zero-order valence-electron chi connectivity index (χ0n) is 8.06. The van der Waals surface area contributed by atoms with Crippen molar-refractivity contribution in [2.24, 2.45) is 0 Å². The van der Waals surface area contributed by atoms with Gasteiger partial charge >= 0.3 is 5.97 Å². The molecule has 0 aliphatic heterocycles. The van der Waals surface area contributed by atoms with Gasteiger partial charge in [0.15, 0.2) is 0 Å². The van der Waals surface area contributed by atoms with Crippen molar-refractivity contribution >= 4 is 11.7 Å². The van der Waals surface area contributed by atoms with Crippen LogP contribution in [0.3, 0.4) is 0 Å². The van der Waals surface area contributed by atoms with E-state index in [1.165, 1.54) is 0 Å². The number of nitrogens with zero attached hydrogens (tertiary/aromatic N) is 2. The van der Waals surface area contributed by atoms with Crippen LogP contribution in [0.1, 0.15) is 17.6 Å². The van der Waals surface area contributed by atoms with Crippen LogP contribution in [0.15, 0.2) is 6.20 Å². The maximum atomic E-state index is 13.1. The number of rotatable bonds is 4. The first-order valence-electron chi connectivity index (χ1n) is 4.16. The van der Waals surface area contributed by atoms with Crippen molar-refractivity contribution in [3.05, 3.63) is 33.4 Å². The number of carboxylic acids is 1. The molecule has 1 rings (SSSR count). The van der Waals surface area contributed by atoms with Gasteiger partial charge in [0.25, 0.3) is 12.1 Å². The normalized spacial score (nSPS) is 10.6. The van der Waals surface area contributed by atoms with Gasteiger partial charge in [-0.05, 0) is 0 Å². The number of aliphatic carboxylic acids is 1. The molecule has 6 nitrogen and oxygen atoms in total. The Bertz CT molecular complexity index is 478. The summed E-state index contributed by atoms with van der Waals surface area (Å²) < 4.78 is 38.3. The van der Waals surface area contributed by atoms with E-state index in [0.29, 0.717) is 6.20 Å². The monoisotopic (exact) mass is 250 g/mol. The Hall–Kier alpha value is -2.19. The number of halogens is 3. The van der Waals surface area contributed by atoms with Gasteiger partial charge in [0, 0.05) is 5.56 Å². The van der Waals surface area contributed by atoms with Crippen molar-refractivity contribution in [3.8, 4) is 0 Å². The summed E-state index contributed by atoms with van der Waals surface area (Å²) in [6, 6.07) is 0. The first-order valence-corrected chi connectivity index (χ1v) is 4.16. The third-order valence-corrected chi connectivity index (χ3v) is 1.89. The molecular weight excluding hydrogens is 245 g/mol. The first-order chi connectivity index (χ1) is 7.84. The van der Waals surface area contributed by atoms with Crippen molar-refractivity contribution in [1.82, 2.24) is 4.98 Å². The molecule has 1 aromatic heterocycles. The Morgan fingerprint density at radius 2 is 2.18 bits per heavy atom. The zero-order valence-corrected chi connectivity index (χ0v) is 8.06. The number of hydrogen-bond donors (Lipinski definition) is 1. The van der Waals surface area contributed by atoms with Crippen LogP contribution in [0.2, 0.25) is 0 Å². The molecule has 17 heavy (non-hydrogen) atoms. The highest BCUT2D eigenvalue weighted by Gasteiger charge is 2.29. The number of nitro groups is 1. The van der Waals surface area contributed by atoms with E-state index in [2.05, 4.69) is 4.98 Å². The second-order valence-electron chi connectivity index (χ2n) is 2.95. The van der Waals surface area contributed by atoms with Crippen LogP contribution in [-0.2, 0) is 11.2 Å². The maximum absolute atomic E-state index is 13.1. The lowest BCUT2D eigenvalue weighted by Crippen LogP contribution is -2.10. The maximum Gasteiger partial charge on any atom is 0.308 e. The van der Waals surface area contributed by atoms with E-state index in [-0.39, 0.29) is 0 Å². The predicted molar refractivity (Wildman–Crippen MR) is 47.1 cm³/mol. The van der Waals surface area contributed by atoms with Crippen molar-refractivity contribution in [2.45, 2.75) is 12.8 Å². The summed E-state index contributed by atoms with van der Waals surface area (Å²) in [6.07, 6.45) is -4.12. The van der Waals surface area contributed by atoms with Crippen LogP contribution in [0.4, 0.5) is 18.9 Å². The predicted octanol–water partition coefficient (Wildman–Crippen LogP) is 1.69. The summed E-state index contributed by atoms with van der Waals surface area (Å²) in [5.74, 6) is -3.04. The SMILES string of the molecule is O=C(O)Cc1c(F)ncc([N+](=O)[O-])c1C(F)F. The van der Waals surface area contributed by atoms with Gasteiger partial charge < -0.3 is 5.11 Å². The van der Waals surface area contributed by atoms with E-state index in [1.807, 2.05) is 0 Å². The number of aromatic nitrogens is 1. The topological polar surface area (TPSA) is 93.3 Å². The summed E-state index contributed by atoms with van der Waals surface area (Å²) in [7, 11) is 0. The van der Waals surface area contributed by atoms with Crippen molar-refractivity contribution < 1.29 is 28.0 Å². The van der Waals surface area contributed by atoms with Crippen LogP contribution >= 0.6 is 0 Å². The fraction of sp³-hybridized carbons (Fsp3) is 0.250. The van der Waals surface area contributed by atoms with E-state index in [0.717, 1.165) is 0 Å². The Balaban J connectivity index is 3.48. The Morgan fingerprint density at radius 3 is 2.59 bits per heavy atom. The Labute approximate surface area is 91.9 Å². The summed E-state index contributed by atoms with van der Waals surface area (Å²) >= 11 is 0. The fourth-order valence-electron chi connectivity index (χ4n) is 1.24. The number of hydrogen-bond acceptors (Lipinski definition) is 4. The molecule has 0 aliphatic carbocycles. The molecule has 0 saturated heterocycles. The third kappa shape index (κ3) is 2.68. The summed E-state index contributed by atoms with van der Waals surface area (Å²) in [4.78, 5) is 22.5. The molecule has 0 unspecified atom stereocenters. The zero-order chi connectivity index (χ0) is 13.2. The van der Waals surface area contributed by atoms with Gasteiger partial charge in [0.05, 0.1) is 11.3 Å². The summed E-state index contributed by atoms with van der Waals surface area (Å²) in [5.41, 5.74) is -3.32. The fourth-order valence-corrected chi connectivity index (χ4v) is 1.24. The summed E-state index contributed by atoms with van der Waals surface area (Å²) in [6.45, 7) is 0. The lowest BCUT2D eigenvalue weighted by atomic mass is 10.1. The average molecular weight is 250 g/mol. The third-order valence-electron chi connectivity index (χ3n) is 1.89. The minimum absolute atomic E-state index is 0.335. The van der Waals surface area contributed by atoms with Crippen LogP contribution in [-0.4, -0.2) is 21.0 Å². The van der Waals surface area contributed by atoms with Gasteiger partial charge in [-0.2, -0.15) is 4.39 Å². The molecule has 0 fully saturated rings. The molecule has 1 N–H and O–H groups in total. The molecule has 0 atom stereocenters.